The molecule has 2 aliphatic rings. The summed E-state index contributed by atoms with van der Waals surface area (Å²) < 4.78 is 0. The molecule has 0 bridgehead atoms. The van der Waals surface area contributed by atoms with E-state index in [4.69, 9.17) is 0 Å². The van der Waals surface area contributed by atoms with Crippen LogP contribution in [0, 0.1) is 0 Å². The zero-order valence-electron chi connectivity index (χ0n) is 16.7. The monoisotopic (exact) mass is 382 g/mol. The van der Waals surface area contributed by atoms with Gasteiger partial charge in [-0.25, -0.2) is 0 Å². The summed E-state index contributed by atoms with van der Waals surface area (Å²) in [5.74, 6) is 0.439. The highest BCUT2D eigenvalue weighted by atomic mass is 16.2. The van der Waals surface area contributed by atoms with Gasteiger partial charge in [-0.15, -0.1) is 10.2 Å². The number of amides is 1. The zero-order valence-corrected chi connectivity index (χ0v) is 16.7. The Balaban J connectivity index is 1.37. The van der Waals surface area contributed by atoms with E-state index in [0.29, 0.717) is 17.6 Å². The number of hydrogen-bond donors (Lipinski definition) is 2. The van der Waals surface area contributed by atoms with Crippen molar-refractivity contribution in [3.05, 3.63) is 35.5 Å². The van der Waals surface area contributed by atoms with Crippen LogP contribution < -0.4 is 5.32 Å². The molecule has 2 fully saturated rings. The molecule has 1 aliphatic carbocycles. The van der Waals surface area contributed by atoms with Crippen molar-refractivity contribution in [2.24, 2.45) is 0 Å². The number of rotatable bonds is 5. The Morgan fingerprint density at radius 3 is 2.46 bits per heavy atom. The van der Waals surface area contributed by atoms with Crippen LogP contribution in [0.5, 0.6) is 0 Å². The maximum atomic E-state index is 13.0. The molecule has 1 amide bonds. The van der Waals surface area contributed by atoms with Crippen molar-refractivity contribution in [1.82, 2.24) is 25.2 Å². The molecule has 7 heteroatoms. The van der Waals surface area contributed by atoms with Gasteiger partial charge in [-0.2, -0.15) is 5.21 Å². The molecule has 1 aromatic heterocycles. The van der Waals surface area contributed by atoms with Gasteiger partial charge < -0.3 is 10.2 Å². The van der Waals surface area contributed by atoms with Crippen molar-refractivity contribution in [2.75, 3.05) is 31.5 Å². The van der Waals surface area contributed by atoms with Crippen LogP contribution in [0.3, 0.4) is 0 Å². The number of aromatic amines is 1. The third-order valence-electron chi connectivity index (χ3n) is 6.07. The zero-order chi connectivity index (χ0) is 19.3. The Hall–Kier alpha value is -2.41. The fraction of sp³-hybridized carbons (Fsp3) is 0.571. The van der Waals surface area contributed by atoms with Crippen LogP contribution >= 0.6 is 0 Å². The average molecular weight is 383 g/mol. The second-order valence-corrected chi connectivity index (χ2v) is 7.82. The van der Waals surface area contributed by atoms with Crippen LogP contribution in [-0.2, 0) is 6.42 Å². The van der Waals surface area contributed by atoms with Crippen LogP contribution in [0.2, 0.25) is 0 Å². The first-order valence-electron chi connectivity index (χ1n) is 10.5. The highest BCUT2D eigenvalue weighted by Crippen LogP contribution is 2.24. The SMILES string of the molecule is CCc1ccc(Nc2n[nH]nc2C(=O)N2CCN(C3CCCCC3)CC2)cc1. The molecule has 0 radical (unpaired) electrons. The summed E-state index contributed by atoms with van der Waals surface area (Å²) >= 11 is 0. The van der Waals surface area contributed by atoms with Crippen LogP contribution in [0.4, 0.5) is 11.5 Å². The predicted molar refractivity (Wildman–Crippen MR) is 110 cm³/mol. The lowest BCUT2D eigenvalue weighted by molar-refractivity contribution is 0.0519. The Morgan fingerprint density at radius 2 is 1.79 bits per heavy atom. The summed E-state index contributed by atoms with van der Waals surface area (Å²) in [7, 11) is 0. The van der Waals surface area contributed by atoms with E-state index >= 15 is 0 Å². The number of carbonyl (C=O) groups excluding carboxylic acids is 1. The second-order valence-electron chi connectivity index (χ2n) is 7.82. The molecule has 2 N–H and O–H groups in total. The lowest BCUT2D eigenvalue weighted by Crippen LogP contribution is -2.52. The normalized spacial score (nSPS) is 19.0. The van der Waals surface area contributed by atoms with E-state index < -0.39 is 0 Å². The van der Waals surface area contributed by atoms with Crippen molar-refractivity contribution < 1.29 is 4.79 Å². The minimum Gasteiger partial charge on any atom is -0.337 e. The maximum Gasteiger partial charge on any atom is 0.278 e. The molecule has 0 atom stereocenters. The van der Waals surface area contributed by atoms with E-state index in [9.17, 15) is 4.79 Å². The van der Waals surface area contributed by atoms with Crippen LogP contribution in [0.15, 0.2) is 24.3 Å². The summed E-state index contributed by atoms with van der Waals surface area (Å²) in [4.78, 5) is 17.5. The number of nitrogens with one attached hydrogen (secondary N) is 2. The Morgan fingerprint density at radius 1 is 1.07 bits per heavy atom. The molecule has 0 spiro atoms. The summed E-state index contributed by atoms with van der Waals surface area (Å²) in [5, 5.41) is 14.1. The van der Waals surface area contributed by atoms with E-state index in [0.717, 1.165) is 38.3 Å². The first-order chi connectivity index (χ1) is 13.7. The van der Waals surface area contributed by atoms with Crippen molar-refractivity contribution in [3.63, 3.8) is 0 Å². The minimum absolute atomic E-state index is 0.0512. The van der Waals surface area contributed by atoms with Gasteiger partial charge in [0.05, 0.1) is 0 Å². The van der Waals surface area contributed by atoms with Gasteiger partial charge in [0.15, 0.2) is 11.5 Å². The smallest absolute Gasteiger partial charge is 0.278 e. The Kier molecular flexibility index (Phi) is 5.90. The van der Waals surface area contributed by atoms with Gasteiger partial charge >= 0.3 is 0 Å². The van der Waals surface area contributed by atoms with E-state index in [1.165, 1.54) is 37.7 Å². The first kappa shape index (κ1) is 18.9. The van der Waals surface area contributed by atoms with Crippen LogP contribution in [-0.4, -0.2) is 63.3 Å². The average Bonchev–Trinajstić information content (AvgIpc) is 3.22. The molecular weight excluding hydrogens is 352 g/mol. The third kappa shape index (κ3) is 4.19. The van der Waals surface area contributed by atoms with Crippen LogP contribution in [0.25, 0.3) is 0 Å². The van der Waals surface area contributed by atoms with Gasteiger partial charge in [0.1, 0.15) is 0 Å². The molecule has 7 nitrogen and oxygen atoms in total. The van der Waals surface area contributed by atoms with E-state index in [1.807, 2.05) is 17.0 Å². The molecule has 2 aromatic rings. The van der Waals surface area contributed by atoms with Gasteiger partial charge in [-0.1, -0.05) is 38.3 Å². The maximum absolute atomic E-state index is 13.0. The standard InChI is InChI=1S/C21H30N6O/c1-2-16-8-10-17(11-9-16)22-20-19(23-25-24-20)21(28)27-14-12-26(13-15-27)18-6-4-3-5-7-18/h8-11,18H,2-7,12-15H2,1H3,(H2,22,23,24,25). The number of hydrogen-bond acceptors (Lipinski definition) is 5. The molecule has 1 aliphatic heterocycles. The van der Waals surface area contributed by atoms with Crippen LogP contribution in [0.1, 0.15) is 55.1 Å². The molecule has 0 unspecified atom stereocenters. The van der Waals surface area contributed by atoms with Crippen molar-refractivity contribution in [2.45, 2.75) is 51.5 Å². The molecule has 150 valence electrons. The number of piperazine rings is 1. The summed E-state index contributed by atoms with van der Waals surface area (Å²) in [6.07, 6.45) is 7.68. The number of carbonyl (C=O) groups is 1. The summed E-state index contributed by atoms with van der Waals surface area (Å²) in [5.41, 5.74) is 2.55. The molecule has 28 heavy (non-hydrogen) atoms. The lowest BCUT2D eigenvalue weighted by Gasteiger charge is -2.40. The molecule has 2 heterocycles. The number of nitrogens with zero attached hydrogens (tertiary/aromatic N) is 4. The molecule has 1 saturated carbocycles. The third-order valence-corrected chi connectivity index (χ3v) is 6.07. The highest BCUT2D eigenvalue weighted by molar-refractivity contribution is 5.97. The van der Waals surface area contributed by atoms with Gasteiger partial charge in [0, 0.05) is 37.9 Å². The fourth-order valence-corrected chi connectivity index (χ4v) is 4.31. The Labute approximate surface area is 166 Å². The van der Waals surface area contributed by atoms with E-state index in [-0.39, 0.29) is 5.91 Å². The molecule has 1 saturated heterocycles. The highest BCUT2D eigenvalue weighted by Gasteiger charge is 2.29. The number of H-pyrrole nitrogens is 1. The quantitative estimate of drug-likeness (QED) is 0.830. The fourth-order valence-electron chi connectivity index (χ4n) is 4.31. The van der Waals surface area contributed by atoms with E-state index in [2.05, 4.69) is 44.7 Å². The van der Waals surface area contributed by atoms with Crippen molar-refractivity contribution in [1.29, 1.82) is 0 Å². The topological polar surface area (TPSA) is 77.1 Å². The summed E-state index contributed by atoms with van der Waals surface area (Å²) in [6.45, 7) is 5.55. The molecule has 4 rings (SSSR count). The molecule has 1 aromatic carbocycles. The number of aryl methyl sites for hydroxylation is 1. The van der Waals surface area contributed by atoms with Gasteiger partial charge in [-0.05, 0) is 37.0 Å². The lowest BCUT2D eigenvalue weighted by atomic mass is 9.94. The summed E-state index contributed by atoms with van der Waals surface area (Å²) in [6, 6.07) is 8.87. The van der Waals surface area contributed by atoms with Gasteiger partial charge in [-0.3, -0.25) is 9.69 Å². The first-order valence-corrected chi connectivity index (χ1v) is 10.5. The van der Waals surface area contributed by atoms with Gasteiger partial charge in [0.25, 0.3) is 5.91 Å². The molecular formula is C21H30N6O. The number of anilines is 2. The largest absolute Gasteiger partial charge is 0.337 e. The van der Waals surface area contributed by atoms with Crippen molar-refractivity contribution in [3.8, 4) is 0 Å². The Bertz CT molecular complexity index is 772. The predicted octanol–water partition coefficient (Wildman–Crippen LogP) is 3.20. The number of aromatic nitrogens is 3. The second kappa shape index (κ2) is 8.73. The van der Waals surface area contributed by atoms with E-state index in [1.54, 1.807) is 0 Å². The minimum atomic E-state index is -0.0512. The van der Waals surface area contributed by atoms with Crippen molar-refractivity contribution >= 4 is 17.4 Å². The van der Waals surface area contributed by atoms with Gasteiger partial charge in [0.2, 0.25) is 0 Å². The number of benzene rings is 1.